The molecule has 0 N–H and O–H groups in total. The molecule has 39 heavy (non-hydrogen) atoms. The molecule has 0 heterocycles. The minimum absolute atomic E-state index is 0.151. The number of unbranched alkanes of at least 4 members (excludes halogenated alkanes) is 1. The lowest BCUT2D eigenvalue weighted by atomic mass is 9.28. The van der Waals surface area contributed by atoms with Crippen molar-refractivity contribution in [3.05, 3.63) is 46.6 Å². The van der Waals surface area contributed by atoms with Gasteiger partial charge in [-0.3, -0.25) is 0 Å². The van der Waals surface area contributed by atoms with Gasteiger partial charge in [-0.05, 0) is 131 Å². The molecule has 8 atom stereocenters. The van der Waals surface area contributed by atoms with Gasteiger partial charge in [-0.15, -0.1) is 0 Å². The second-order valence-corrected chi connectivity index (χ2v) is 16.3. The summed E-state index contributed by atoms with van der Waals surface area (Å²) in [5.74, 6) is 3.83. The summed E-state index contributed by atoms with van der Waals surface area (Å²) >= 11 is 0. The van der Waals surface area contributed by atoms with Crippen molar-refractivity contribution in [2.24, 2.45) is 57.2 Å². The molecule has 0 spiro atoms. The lowest BCUT2D eigenvalue weighted by Gasteiger charge is -2.76. The zero-order chi connectivity index (χ0) is 30.3. The summed E-state index contributed by atoms with van der Waals surface area (Å²) in [4.78, 5) is 0. The van der Waals surface area contributed by atoms with Gasteiger partial charge in [-0.25, -0.2) is 0 Å². The minimum atomic E-state index is 0.151. The maximum Gasteiger partial charge on any atom is -0.0144 e. The van der Waals surface area contributed by atoms with E-state index < -0.39 is 0 Å². The Morgan fingerprint density at radius 1 is 0.744 bits per heavy atom. The predicted octanol–water partition coefficient (Wildman–Crippen LogP) is 12.6. The Morgan fingerprint density at radius 2 is 1.28 bits per heavy atom. The third-order valence-corrected chi connectivity index (χ3v) is 13.7. The van der Waals surface area contributed by atoms with Crippen LogP contribution in [0.5, 0.6) is 0 Å². The summed E-state index contributed by atoms with van der Waals surface area (Å²) in [6, 6.07) is 0. The van der Waals surface area contributed by atoms with E-state index in [4.69, 9.17) is 6.58 Å². The maximum absolute atomic E-state index is 4.70. The van der Waals surface area contributed by atoms with E-state index in [9.17, 15) is 0 Å². The first-order valence-corrected chi connectivity index (χ1v) is 16.3. The topological polar surface area (TPSA) is 0 Å². The van der Waals surface area contributed by atoms with Crippen LogP contribution in [0.1, 0.15) is 143 Å². The Balaban J connectivity index is 3.04. The molecule has 2 aliphatic rings. The summed E-state index contributed by atoms with van der Waals surface area (Å²) in [5, 5.41) is 0. The molecule has 0 bridgehead atoms. The van der Waals surface area contributed by atoms with Crippen molar-refractivity contribution in [2.75, 3.05) is 0 Å². The van der Waals surface area contributed by atoms with Crippen molar-refractivity contribution in [2.45, 2.75) is 143 Å². The molecule has 224 valence electrons. The van der Waals surface area contributed by atoms with Crippen LogP contribution < -0.4 is 0 Å². The fourth-order valence-corrected chi connectivity index (χ4v) is 9.60. The fraction of sp³-hybridized carbons (Fsp3) is 0.795. The number of allylic oxidation sites excluding steroid dienone is 7. The van der Waals surface area contributed by atoms with E-state index in [0.717, 1.165) is 6.42 Å². The van der Waals surface area contributed by atoms with Crippen molar-refractivity contribution >= 4 is 0 Å². The molecular formula is C39H68. The van der Waals surface area contributed by atoms with E-state index in [1.807, 2.05) is 0 Å². The van der Waals surface area contributed by atoms with Gasteiger partial charge >= 0.3 is 0 Å². The Labute approximate surface area is 246 Å². The highest BCUT2D eigenvalue weighted by Gasteiger charge is 2.72. The molecule has 0 aromatic heterocycles. The number of rotatable bonds is 9. The largest absolute Gasteiger partial charge is 0.0998 e. The summed E-state index contributed by atoms with van der Waals surface area (Å²) in [5.41, 5.74) is 8.30. The van der Waals surface area contributed by atoms with Gasteiger partial charge in [-0.1, -0.05) is 115 Å². The van der Waals surface area contributed by atoms with Crippen LogP contribution in [-0.2, 0) is 0 Å². The number of fused-ring (bicyclic) bond motifs is 1. The fourth-order valence-electron chi connectivity index (χ4n) is 9.60. The van der Waals surface area contributed by atoms with Crippen LogP contribution in [-0.4, -0.2) is 0 Å². The average Bonchev–Trinajstić information content (AvgIpc) is 2.82. The Bertz CT molecular complexity index is 972. The third-order valence-electron chi connectivity index (χ3n) is 13.7. The summed E-state index contributed by atoms with van der Waals surface area (Å²) in [6.45, 7) is 44.7. The summed E-state index contributed by atoms with van der Waals surface area (Å²) < 4.78 is 0. The lowest BCUT2D eigenvalue weighted by Crippen LogP contribution is -2.70. The molecule has 0 aromatic carbocycles. The molecule has 0 aliphatic heterocycles. The molecule has 0 nitrogen and oxygen atoms in total. The van der Waals surface area contributed by atoms with Crippen LogP contribution >= 0.6 is 0 Å². The molecule has 2 aliphatic carbocycles. The third kappa shape index (κ3) is 5.58. The summed E-state index contributed by atoms with van der Waals surface area (Å²) in [6.07, 6.45) is 11.0. The van der Waals surface area contributed by atoms with Crippen LogP contribution in [0.3, 0.4) is 0 Å². The highest BCUT2D eigenvalue weighted by atomic mass is 14.8. The molecule has 2 saturated carbocycles. The standard InChI is InChI=1S/C39H68/c1-18-19-20-21-22-39(17)37(14,15)36(12,13)35-33(27(6)7)31(11)30(10)32(23-28(8)25(2)3)34(35)38(39,16)24-29(9)26(4)5/h20-21,30-35H,6,18-19,22-24H2,1-5,7-17H3. The Hall–Kier alpha value is -1.04. The van der Waals surface area contributed by atoms with Gasteiger partial charge in [-0.2, -0.15) is 0 Å². The van der Waals surface area contributed by atoms with Crippen LogP contribution in [0.25, 0.3) is 0 Å². The Morgan fingerprint density at radius 3 is 1.74 bits per heavy atom. The zero-order valence-electron chi connectivity index (χ0n) is 29.4. The minimum Gasteiger partial charge on any atom is -0.0998 e. The van der Waals surface area contributed by atoms with Crippen molar-refractivity contribution in [3.8, 4) is 0 Å². The van der Waals surface area contributed by atoms with E-state index in [2.05, 4.69) is 123 Å². The van der Waals surface area contributed by atoms with Gasteiger partial charge in [0.15, 0.2) is 0 Å². The molecule has 2 rings (SSSR count). The molecule has 2 fully saturated rings. The smallest absolute Gasteiger partial charge is 0.0144 e. The normalized spacial score (nSPS) is 37.3. The SMILES string of the molecule is C=C(C)C1C(C)C(C)C(CC(C)=C(C)C)C2C1C(C)(C)C(C)(C)C(C)(CC=CCCC)C2(C)CC(C)=C(C)C. The monoisotopic (exact) mass is 537 g/mol. The Kier molecular flexibility index (Phi) is 10.6. The first-order valence-electron chi connectivity index (χ1n) is 16.3. The molecule has 0 aromatic rings. The lowest BCUT2D eigenvalue weighted by molar-refractivity contribution is -0.270. The molecular weight excluding hydrogens is 468 g/mol. The summed E-state index contributed by atoms with van der Waals surface area (Å²) in [7, 11) is 0. The second kappa shape index (κ2) is 12.1. The van der Waals surface area contributed by atoms with Gasteiger partial charge in [0.2, 0.25) is 0 Å². The van der Waals surface area contributed by atoms with Crippen molar-refractivity contribution in [1.82, 2.24) is 0 Å². The second-order valence-electron chi connectivity index (χ2n) is 16.3. The van der Waals surface area contributed by atoms with E-state index in [0.29, 0.717) is 35.5 Å². The van der Waals surface area contributed by atoms with E-state index in [1.165, 1.54) is 42.4 Å². The molecule has 0 saturated heterocycles. The van der Waals surface area contributed by atoms with Crippen molar-refractivity contribution in [1.29, 1.82) is 0 Å². The van der Waals surface area contributed by atoms with E-state index >= 15 is 0 Å². The number of hydrogen-bond acceptors (Lipinski definition) is 0. The van der Waals surface area contributed by atoms with E-state index in [1.54, 1.807) is 11.1 Å². The quantitative estimate of drug-likeness (QED) is 0.257. The highest BCUT2D eigenvalue weighted by molar-refractivity contribution is 5.27. The molecule has 0 heteroatoms. The van der Waals surface area contributed by atoms with Crippen LogP contribution in [0.4, 0.5) is 0 Å². The number of hydrogen-bond donors (Lipinski definition) is 0. The first-order chi connectivity index (χ1) is 17.7. The van der Waals surface area contributed by atoms with Crippen molar-refractivity contribution < 1.29 is 0 Å². The molecule has 8 unspecified atom stereocenters. The van der Waals surface area contributed by atoms with Gasteiger partial charge in [0.1, 0.15) is 0 Å². The van der Waals surface area contributed by atoms with Crippen LogP contribution in [0, 0.1) is 57.2 Å². The average molecular weight is 537 g/mol. The van der Waals surface area contributed by atoms with Gasteiger partial charge in [0, 0.05) is 0 Å². The molecule has 0 radical (unpaired) electrons. The van der Waals surface area contributed by atoms with E-state index in [-0.39, 0.29) is 21.7 Å². The highest BCUT2D eigenvalue weighted by Crippen LogP contribution is 2.78. The van der Waals surface area contributed by atoms with Gasteiger partial charge in [0.25, 0.3) is 0 Å². The van der Waals surface area contributed by atoms with Crippen LogP contribution in [0.2, 0.25) is 0 Å². The van der Waals surface area contributed by atoms with Gasteiger partial charge < -0.3 is 0 Å². The first kappa shape index (κ1) is 34.2. The maximum atomic E-state index is 4.70. The molecule has 0 amide bonds. The van der Waals surface area contributed by atoms with Crippen LogP contribution in [0.15, 0.2) is 46.6 Å². The zero-order valence-corrected chi connectivity index (χ0v) is 29.4. The van der Waals surface area contributed by atoms with Crippen molar-refractivity contribution in [3.63, 3.8) is 0 Å². The predicted molar refractivity (Wildman–Crippen MR) is 177 cm³/mol. The van der Waals surface area contributed by atoms with Gasteiger partial charge in [0.05, 0.1) is 0 Å².